The molecule has 9 rings (SSSR count). The van der Waals surface area contributed by atoms with Gasteiger partial charge >= 0.3 is 0 Å². The van der Waals surface area contributed by atoms with Crippen molar-refractivity contribution in [2.75, 3.05) is 9.80 Å². The smallest absolute Gasteiger partial charge is 0.297 e. The average molecular weight is 813 g/mol. The molecule has 4 aromatic carbocycles. The fourth-order valence-corrected chi connectivity index (χ4v) is 11.3. The van der Waals surface area contributed by atoms with Crippen molar-refractivity contribution in [3.05, 3.63) is 111 Å². The summed E-state index contributed by atoms with van der Waals surface area (Å²) in [7, 11) is 0. The lowest BCUT2D eigenvalue weighted by atomic mass is 9.35. The Bertz CT molecular complexity index is 2610. The van der Waals surface area contributed by atoms with Gasteiger partial charge in [0.15, 0.2) is 0 Å². The lowest BCUT2D eigenvalue weighted by Crippen LogP contribution is -2.61. The van der Waals surface area contributed by atoms with Crippen LogP contribution in [-0.2, 0) is 37.9 Å². The van der Waals surface area contributed by atoms with Crippen LogP contribution >= 0.6 is 0 Å². The Morgan fingerprint density at radius 3 is 1.57 bits per heavy atom. The summed E-state index contributed by atoms with van der Waals surface area (Å²) in [4.78, 5) is 5.31. The van der Waals surface area contributed by atoms with E-state index in [0.717, 1.165) is 18.5 Å². The van der Waals surface area contributed by atoms with E-state index >= 15 is 0 Å². The summed E-state index contributed by atoms with van der Waals surface area (Å²) in [5.41, 5.74) is 21.1. The van der Waals surface area contributed by atoms with Crippen LogP contribution in [0.1, 0.15) is 188 Å². The molecular formula is C57H73BN2O. The van der Waals surface area contributed by atoms with Crippen LogP contribution in [0.5, 0.6) is 0 Å². The summed E-state index contributed by atoms with van der Waals surface area (Å²) in [6.45, 7) is 43.0. The summed E-state index contributed by atoms with van der Waals surface area (Å²) in [5.74, 6) is 1.18. The van der Waals surface area contributed by atoms with Crippen molar-refractivity contribution in [1.29, 1.82) is 0 Å². The lowest BCUT2D eigenvalue weighted by molar-refractivity contribution is 0.282. The van der Waals surface area contributed by atoms with E-state index in [9.17, 15) is 0 Å². The molecule has 0 spiro atoms. The van der Waals surface area contributed by atoms with Crippen LogP contribution < -0.4 is 26.4 Å². The van der Waals surface area contributed by atoms with E-state index in [1.54, 1.807) is 0 Å². The lowest BCUT2D eigenvalue weighted by Gasteiger charge is -2.47. The van der Waals surface area contributed by atoms with Gasteiger partial charge in [0, 0.05) is 39.4 Å². The van der Waals surface area contributed by atoms with Gasteiger partial charge in [0.05, 0.1) is 11.3 Å². The largest absolute Gasteiger partial charge is 0.472 e. The average Bonchev–Trinajstić information content (AvgIpc) is 3.57. The number of fused-ring (bicyclic) bond motifs is 7. The molecule has 0 saturated heterocycles. The van der Waals surface area contributed by atoms with E-state index < -0.39 is 0 Å². The number of hydrogen-bond acceptors (Lipinski definition) is 3. The minimum atomic E-state index is -0.0981. The second-order valence-corrected chi connectivity index (χ2v) is 25.3. The summed E-state index contributed by atoms with van der Waals surface area (Å²) in [5, 5.41) is 0. The normalized spacial score (nSPS) is 19.5. The molecule has 0 unspecified atom stereocenters. The van der Waals surface area contributed by atoms with Gasteiger partial charge < -0.3 is 14.2 Å². The van der Waals surface area contributed by atoms with E-state index in [-0.39, 0.29) is 44.6 Å². The molecule has 0 fully saturated rings. The van der Waals surface area contributed by atoms with E-state index in [2.05, 4.69) is 201 Å². The predicted octanol–water partition coefficient (Wildman–Crippen LogP) is 14.3. The van der Waals surface area contributed by atoms with Crippen LogP contribution in [-0.4, -0.2) is 6.71 Å². The summed E-state index contributed by atoms with van der Waals surface area (Å²) < 4.78 is 7.72. The number of hydrogen-bond donors (Lipinski definition) is 0. The quantitative estimate of drug-likeness (QED) is 0.162. The zero-order chi connectivity index (χ0) is 44.4. The molecule has 320 valence electrons. The van der Waals surface area contributed by atoms with Crippen molar-refractivity contribution in [2.24, 2.45) is 0 Å². The third-order valence-electron chi connectivity index (χ3n) is 15.7. The van der Waals surface area contributed by atoms with Gasteiger partial charge in [-0.2, -0.15) is 0 Å². The molecule has 1 aromatic heterocycles. The van der Waals surface area contributed by atoms with Crippen LogP contribution in [0.4, 0.5) is 34.1 Å². The third kappa shape index (κ3) is 6.41. The predicted molar refractivity (Wildman–Crippen MR) is 264 cm³/mol. The van der Waals surface area contributed by atoms with Crippen LogP contribution in [0.3, 0.4) is 0 Å². The first kappa shape index (κ1) is 42.1. The first-order valence-electron chi connectivity index (χ1n) is 23.4. The highest BCUT2D eigenvalue weighted by Gasteiger charge is 2.53. The highest BCUT2D eigenvalue weighted by molar-refractivity contribution is 6.99. The Morgan fingerprint density at radius 1 is 0.508 bits per heavy atom. The van der Waals surface area contributed by atoms with Crippen LogP contribution in [0.15, 0.2) is 71.1 Å². The molecule has 3 heterocycles. The van der Waals surface area contributed by atoms with Gasteiger partial charge in [-0.25, -0.2) is 0 Å². The first-order chi connectivity index (χ1) is 28.0. The maximum absolute atomic E-state index is 7.72. The molecule has 0 saturated carbocycles. The second-order valence-electron chi connectivity index (χ2n) is 25.3. The molecule has 5 aromatic rings. The molecule has 3 nitrogen and oxygen atoms in total. The number of furan rings is 1. The van der Waals surface area contributed by atoms with Crippen molar-refractivity contribution >= 4 is 57.4 Å². The van der Waals surface area contributed by atoms with E-state index in [1.165, 1.54) is 103 Å². The minimum absolute atomic E-state index is 0.0435. The maximum atomic E-state index is 7.72. The summed E-state index contributed by atoms with van der Waals surface area (Å²) in [6, 6.07) is 27.1. The molecule has 4 heteroatoms. The maximum Gasteiger partial charge on any atom is 0.297 e. The molecule has 2 aliphatic carbocycles. The molecule has 4 aliphatic rings. The topological polar surface area (TPSA) is 19.6 Å². The van der Waals surface area contributed by atoms with Gasteiger partial charge in [-0.05, 0) is 146 Å². The van der Waals surface area contributed by atoms with Gasteiger partial charge in [0.25, 0.3) is 6.71 Å². The summed E-state index contributed by atoms with van der Waals surface area (Å²) in [6.07, 6.45) is 4.56. The van der Waals surface area contributed by atoms with Gasteiger partial charge in [-0.15, -0.1) is 0 Å². The van der Waals surface area contributed by atoms with E-state index in [1.807, 2.05) is 0 Å². The number of aryl methyl sites for hydroxylation is 1. The Labute approximate surface area is 369 Å². The molecule has 0 amide bonds. The Morgan fingerprint density at radius 2 is 1.02 bits per heavy atom. The minimum Gasteiger partial charge on any atom is -0.472 e. The number of anilines is 6. The van der Waals surface area contributed by atoms with Gasteiger partial charge in [-0.1, -0.05) is 148 Å². The fraction of sp³-hybridized carbons (Fsp3) is 0.509. The van der Waals surface area contributed by atoms with E-state index in [0.29, 0.717) is 0 Å². The first-order valence-corrected chi connectivity index (χ1v) is 23.4. The van der Waals surface area contributed by atoms with Crippen molar-refractivity contribution < 1.29 is 4.42 Å². The van der Waals surface area contributed by atoms with Crippen LogP contribution in [0, 0.1) is 6.92 Å². The highest BCUT2D eigenvalue weighted by Crippen LogP contribution is 2.56. The number of benzene rings is 4. The Kier molecular flexibility index (Phi) is 8.95. The van der Waals surface area contributed by atoms with Gasteiger partial charge in [0.2, 0.25) is 0 Å². The molecule has 0 radical (unpaired) electrons. The number of rotatable bonds is 2. The van der Waals surface area contributed by atoms with Crippen molar-refractivity contribution in [2.45, 2.75) is 188 Å². The molecule has 2 aliphatic heterocycles. The number of nitrogens with zero attached hydrogens (tertiary/aromatic N) is 2. The van der Waals surface area contributed by atoms with Crippen molar-refractivity contribution in [1.82, 2.24) is 0 Å². The Hall–Kier alpha value is -4.18. The zero-order valence-corrected chi connectivity index (χ0v) is 41.1. The molecule has 61 heavy (non-hydrogen) atoms. The molecule has 0 bridgehead atoms. The van der Waals surface area contributed by atoms with Crippen LogP contribution in [0.25, 0.3) is 0 Å². The van der Waals surface area contributed by atoms with Crippen molar-refractivity contribution in [3.63, 3.8) is 0 Å². The second kappa shape index (κ2) is 13.0. The molecule has 0 N–H and O–H groups in total. The van der Waals surface area contributed by atoms with Crippen LogP contribution in [0.2, 0.25) is 0 Å². The molecular weight excluding hydrogens is 739 g/mol. The zero-order valence-electron chi connectivity index (χ0n) is 41.1. The highest BCUT2D eigenvalue weighted by atomic mass is 16.3. The summed E-state index contributed by atoms with van der Waals surface area (Å²) >= 11 is 0. The van der Waals surface area contributed by atoms with Gasteiger partial charge in [-0.3, -0.25) is 0 Å². The van der Waals surface area contributed by atoms with Crippen molar-refractivity contribution in [3.8, 4) is 0 Å². The monoisotopic (exact) mass is 813 g/mol. The molecule has 0 atom stereocenters. The van der Waals surface area contributed by atoms with E-state index in [4.69, 9.17) is 4.42 Å². The SMILES string of the molecule is Cc1cc(C(C)(C)C)ccc1N1c2cc(C(C)(C)C)cc3c2B(c2cc4c(cc2N3c2ccc(C(C)(C)C)cc2)C(C)(C)CCC4(C)C)c2oc3c(c21)C(C)(C)CCC3(C)C. The fourth-order valence-electron chi connectivity index (χ4n) is 11.3. The standard InChI is InChI=1S/C57H73BN2O/c1-34-29-36(52(5,6)7)21-24-42(34)60-45-31-37(53(8,9)10)30-44-47(45)58(50-48(60)46-49(61-50)57(17,18)28-27-56(46,15)16)41-32-39-40(55(13,14)26-25-54(39,11)12)33-43(41)59(44)38-22-19-35(20-23-38)51(2,3)4/h19-24,29-33H,25-28H2,1-18H3. The third-order valence-corrected chi connectivity index (χ3v) is 15.7. The van der Waals surface area contributed by atoms with Gasteiger partial charge in [0.1, 0.15) is 5.76 Å². The Balaban J connectivity index is 1.47.